The summed E-state index contributed by atoms with van der Waals surface area (Å²) in [6.07, 6.45) is 6.75. The number of rotatable bonds is 4. The molecule has 1 heteroatoms. The first-order chi connectivity index (χ1) is 9.13. The molecule has 3 atom stereocenters. The van der Waals surface area contributed by atoms with Gasteiger partial charge in [-0.3, -0.25) is 0 Å². The van der Waals surface area contributed by atoms with Crippen molar-refractivity contribution >= 4 is 0 Å². The summed E-state index contributed by atoms with van der Waals surface area (Å²) < 4.78 is 0. The number of hydrogen-bond donors (Lipinski definition) is 1. The van der Waals surface area contributed by atoms with Crippen molar-refractivity contribution in [3.8, 4) is 0 Å². The molecule has 1 aliphatic carbocycles. The summed E-state index contributed by atoms with van der Waals surface area (Å²) in [4.78, 5) is 0. The van der Waals surface area contributed by atoms with E-state index in [-0.39, 0.29) is 0 Å². The molecule has 0 bridgehead atoms. The van der Waals surface area contributed by atoms with E-state index >= 15 is 0 Å². The molecule has 0 radical (unpaired) electrons. The van der Waals surface area contributed by atoms with Crippen LogP contribution in [0.25, 0.3) is 0 Å². The van der Waals surface area contributed by atoms with Crippen LogP contribution >= 0.6 is 0 Å². The predicted molar refractivity (Wildman–Crippen MR) is 83.6 cm³/mol. The van der Waals surface area contributed by atoms with Crippen LogP contribution in [0.4, 0.5) is 0 Å². The van der Waals surface area contributed by atoms with E-state index in [2.05, 4.69) is 51.3 Å². The molecule has 0 spiro atoms. The normalized spacial score (nSPS) is 27.5. The lowest BCUT2D eigenvalue weighted by Crippen LogP contribution is -2.39. The van der Waals surface area contributed by atoms with E-state index in [1.54, 1.807) is 5.56 Å². The van der Waals surface area contributed by atoms with Crippen LogP contribution in [0, 0.1) is 25.7 Å². The Morgan fingerprint density at radius 2 is 2.00 bits per heavy atom. The molecule has 19 heavy (non-hydrogen) atoms. The van der Waals surface area contributed by atoms with Crippen LogP contribution in [-0.2, 0) is 6.42 Å². The van der Waals surface area contributed by atoms with Gasteiger partial charge in [0.25, 0.3) is 0 Å². The van der Waals surface area contributed by atoms with E-state index in [4.69, 9.17) is 0 Å². The van der Waals surface area contributed by atoms with Crippen molar-refractivity contribution in [2.45, 2.75) is 58.9 Å². The largest absolute Gasteiger partial charge is 0.317 e. The van der Waals surface area contributed by atoms with Crippen LogP contribution in [0.1, 0.15) is 49.3 Å². The Morgan fingerprint density at radius 1 is 1.21 bits per heavy atom. The molecule has 1 nitrogen and oxygen atoms in total. The molecular weight excluding hydrogens is 230 g/mol. The second kappa shape index (κ2) is 6.56. The van der Waals surface area contributed by atoms with Gasteiger partial charge in [-0.1, -0.05) is 37.1 Å². The molecule has 0 amide bonds. The number of aryl methyl sites for hydroxylation is 2. The molecule has 106 valence electrons. The molecule has 0 heterocycles. The Morgan fingerprint density at radius 3 is 2.68 bits per heavy atom. The molecule has 0 saturated heterocycles. The van der Waals surface area contributed by atoms with E-state index in [0.717, 1.165) is 11.8 Å². The molecule has 2 rings (SSSR count). The van der Waals surface area contributed by atoms with E-state index < -0.39 is 0 Å². The van der Waals surface area contributed by atoms with E-state index in [9.17, 15) is 0 Å². The van der Waals surface area contributed by atoms with Crippen LogP contribution in [0.15, 0.2) is 18.2 Å². The van der Waals surface area contributed by atoms with Crippen LogP contribution < -0.4 is 5.32 Å². The Hall–Kier alpha value is -0.820. The van der Waals surface area contributed by atoms with Crippen molar-refractivity contribution < 1.29 is 0 Å². The lowest BCUT2D eigenvalue weighted by molar-refractivity contribution is 0.205. The van der Waals surface area contributed by atoms with E-state index in [1.165, 1.54) is 43.2 Å². The quantitative estimate of drug-likeness (QED) is 0.852. The van der Waals surface area contributed by atoms with Gasteiger partial charge < -0.3 is 5.32 Å². The smallest absolute Gasteiger partial charge is 0.00957 e. The molecule has 0 aliphatic heterocycles. The number of nitrogens with one attached hydrogen (secondary N) is 1. The molecule has 3 unspecified atom stereocenters. The topological polar surface area (TPSA) is 12.0 Å². The Labute approximate surface area is 118 Å². The van der Waals surface area contributed by atoms with Crippen molar-refractivity contribution in [3.05, 3.63) is 34.9 Å². The summed E-state index contributed by atoms with van der Waals surface area (Å²) in [6.45, 7) is 6.80. The summed E-state index contributed by atoms with van der Waals surface area (Å²) >= 11 is 0. The zero-order valence-electron chi connectivity index (χ0n) is 13.0. The van der Waals surface area contributed by atoms with Gasteiger partial charge in [0.15, 0.2) is 0 Å². The monoisotopic (exact) mass is 259 g/mol. The summed E-state index contributed by atoms with van der Waals surface area (Å²) in [6, 6.07) is 7.60. The fraction of sp³-hybridized carbons (Fsp3) is 0.667. The molecule has 1 fully saturated rings. The van der Waals surface area contributed by atoms with Crippen molar-refractivity contribution in [1.82, 2.24) is 5.32 Å². The van der Waals surface area contributed by atoms with Crippen LogP contribution in [0.3, 0.4) is 0 Å². The van der Waals surface area contributed by atoms with E-state index in [1.807, 2.05) is 0 Å². The van der Waals surface area contributed by atoms with Crippen molar-refractivity contribution in [2.75, 3.05) is 7.05 Å². The highest BCUT2D eigenvalue weighted by Gasteiger charge is 2.29. The molecule has 1 N–H and O–H groups in total. The minimum Gasteiger partial charge on any atom is -0.317 e. The maximum Gasteiger partial charge on any atom is 0.00957 e. The van der Waals surface area contributed by atoms with Crippen molar-refractivity contribution in [2.24, 2.45) is 11.8 Å². The van der Waals surface area contributed by atoms with Crippen LogP contribution in [-0.4, -0.2) is 13.1 Å². The average Bonchev–Trinajstić information content (AvgIpc) is 2.42. The summed E-state index contributed by atoms with van der Waals surface area (Å²) in [5.41, 5.74) is 4.41. The summed E-state index contributed by atoms with van der Waals surface area (Å²) in [5.74, 6) is 1.75. The van der Waals surface area contributed by atoms with Gasteiger partial charge in [0, 0.05) is 6.04 Å². The molecule has 1 saturated carbocycles. The summed E-state index contributed by atoms with van der Waals surface area (Å²) in [5, 5.41) is 3.55. The van der Waals surface area contributed by atoms with Crippen molar-refractivity contribution in [3.63, 3.8) is 0 Å². The fourth-order valence-electron chi connectivity index (χ4n) is 3.64. The lowest BCUT2D eigenvalue weighted by atomic mass is 9.74. The Bertz CT molecular complexity index is 410. The Kier molecular flexibility index (Phi) is 5.04. The van der Waals surface area contributed by atoms with Crippen LogP contribution in [0.5, 0.6) is 0 Å². The zero-order valence-corrected chi connectivity index (χ0v) is 13.0. The van der Waals surface area contributed by atoms with Gasteiger partial charge in [-0.2, -0.15) is 0 Å². The third-order valence-corrected chi connectivity index (χ3v) is 5.03. The van der Waals surface area contributed by atoms with Gasteiger partial charge in [-0.25, -0.2) is 0 Å². The molecular formula is C18H29N. The first kappa shape index (κ1) is 14.6. The second-order valence-electron chi connectivity index (χ2n) is 6.38. The first-order valence-electron chi connectivity index (χ1n) is 7.87. The highest BCUT2D eigenvalue weighted by molar-refractivity contribution is 5.31. The lowest BCUT2D eigenvalue weighted by Gasteiger charge is -2.36. The molecule has 1 aromatic rings. The SMILES string of the molecule is CCC1CCC(NC)C(Cc2cc(C)ccc2C)C1. The van der Waals surface area contributed by atoms with Gasteiger partial charge in [-0.05, 0) is 69.5 Å². The van der Waals surface area contributed by atoms with Gasteiger partial charge in [-0.15, -0.1) is 0 Å². The maximum atomic E-state index is 3.55. The minimum absolute atomic E-state index is 0.711. The van der Waals surface area contributed by atoms with Gasteiger partial charge >= 0.3 is 0 Å². The fourth-order valence-corrected chi connectivity index (χ4v) is 3.64. The maximum absolute atomic E-state index is 3.55. The zero-order chi connectivity index (χ0) is 13.8. The van der Waals surface area contributed by atoms with Crippen LogP contribution in [0.2, 0.25) is 0 Å². The molecule has 0 aromatic heterocycles. The van der Waals surface area contributed by atoms with Gasteiger partial charge in [0.1, 0.15) is 0 Å². The molecule has 1 aliphatic rings. The minimum atomic E-state index is 0.711. The number of hydrogen-bond acceptors (Lipinski definition) is 1. The third-order valence-electron chi connectivity index (χ3n) is 5.03. The standard InChI is InChI=1S/C18H29N/c1-5-15-8-9-18(19-4)17(11-15)12-16-10-13(2)6-7-14(16)3/h6-7,10,15,17-19H,5,8-9,11-12H2,1-4H3. The van der Waals surface area contributed by atoms with Gasteiger partial charge in [0.2, 0.25) is 0 Å². The second-order valence-corrected chi connectivity index (χ2v) is 6.38. The van der Waals surface area contributed by atoms with Gasteiger partial charge in [0.05, 0.1) is 0 Å². The average molecular weight is 259 g/mol. The summed E-state index contributed by atoms with van der Waals surface area (Å²) in [7, 11) is 2.13. The van der Waals surface area contributed by atoms with E-state index in [0.29, 0.717) is 6.04 Å². The predicted octanol–water partition coefficient (Wildman–Crippen LogP) is 4.26. The third kappa shape index (κ3) is 3.60. The highest BCUT2D eigenvalue weighted by Crippen LogP contribution is 2.33. The highest BCUT2D eigenvalue weighted by atomic mass is 14.9. The first-order valence-corrected chi connectivity index (χ1v) is 7.87. The van der Waals surface area contributed by atoms with Crippen molar-refractivity contribution in [1.29, 1.82) is 0 Å². The molecule has 1 aromatic carbocycles. The number of benzene rings is 1. The Balaban J connectivity index is 2.11.